The zero-order valence-electron chi connectivity index (χ0n) is 20.7. The molecule has 2 fully saturated rings. The molecule has 3 aliphatic rings. The largest absolute Gasteiger partial charge is 0.490 e. The van der Waals surface area contributed by atoms with Gasteiger partial charge in [0.1, 0.15) is 11.2 Å². The molecule has 0 saturated carbocycles. The first-order valence-electron chi connectivity index (χ1n) is 12.4. The van der Waals surface area contributed by atoms with Crippen LogP contribution in [0.3, 0.4) is 0 Å². The zero-order chi connectivity index (χ0) is 24.5. The lowest BCUT2D eigenvalue weighted by Crippen LogP contribution is -2.62. The van der Waals surface area contributed by atoms with Crippen molar-refractivity contribution in [2.24, 2.45) is 11.8 Å². The van der Waals surface area contributed by atoms with Crippen molar-refractivity contribution in [1.82, 2.24) is 4.90 Å². The molecule has 0 radical (unpaired) electrons. The summed E-state index contributed by atoms with van der Waals surface area (Å²) in [6.07, 6.45) is 1.18. The fourth-order valence-corrected chi connectivity index (χ4v) is 5.55. The molecule has 34 heavy (non-hydrogen) atoms. The van der Waals surface area contributed by atoms with Gasteiger partial charge in [-0.3, -0.25) is 9.59 Å². The monoisotopic (exact) mass is 475 g/mol. The number of para-hydroxylation sites is 1. The van der Waals surface area contributed by atoms with Crippen molar-refractivity contribution < 1.29 is 33.6 Å². The van der Waals surface area contributed by atoms with Gasteiger partial charge in [0.15, 0.2) is 11.5 Å². The van der Waals surface area contributed by atoms with Crippen molar-refractivity contribution in [3.8, 4) is 11.5 Å². The topological polar surface area (TPSA) is 94.5 Å². The molecular weight excluding hydrogens is 438 g/mol. The predicted molar refractivity (Wildman–Crippen MR) is 125 cm³/mol. The van der Waals surface area contributed by atoms with Crippen molar-refractivity contribution in [1.29, 1.82) is 0 Å². The van der Waals surface area contributed by atoms with Crippen LogP contribution in [0.1, 0.15) is 65.0 Å². The fourth-order valence-electron chi connectivity index (χ4n) is 5.55. The van der Waals surface area contributed by atoms with Gasteiger partial charge >= 0.3 is 5.97 Å². The van der Waals surface area contributed by atoms with Crippen molar-refractivity contribution in [3.05, 3.63) is 23.8 Å². The Morgan fingerprint density at radius 2 is 2.12 bits per heavy atom. The molecule has 1 amide bonds. The lowest BCUT2D eigenvalue weighted by atomic mass is 9.69. The van der Waals surface area contributed by atoms with E-state index in [1.807, 2.05) is 50.8 Å². The highest BCUT2D eigenvalue weighted by molar-refractivity contribution is 5.76. The summed E-state index contributed by atoms with van der Waals surface area (Å²) < 4.78 is 25.2. The van der Waals surface area contributed by atoms with Crippen molar-refractivity contribution in [2.45, 2.75) is 70.7 Å². The Hall–Kier alpha value is -2.32. The first kappa shape index (κ1) is 24.8. The average Bonchev–Trinajstić information content (AvgIpc) is 2.78. The summed E-state index contributed by atoms with van der Waals surface area (Å²) in [6, 6.07) is 5.79. The Labute approximate surface area is 201 Å². The molecule has 0 aliphatic carbocycles. The van der Waals surface area contributed by atoms with Gasteiger partial charge in [-0.25, -0.2) is 0 Å². The lowest BCUT2D eigenvalue weighted by molar-refractivity contribution is -0.233. The van der Waals surface area contributed by atoms with Crippen LogP contribution in [-0.4, -0.2) is 66.0 Å². The number of ether oxygens (including phenoxy) is 4. The third-order valence-corrected chi connectivity index (χ3v) is 7.24. The molecule has 1 N–H and O–H groups in total. The minimum Gasteiger partial charge on any atom is -0.490 e. The Morgan fingerprint density at radius 3 is 2.82 bits per heavy atom. The summed E-state index contributed by atoms with van der Waals surface area (Å²) in [5.41, 5.74) is -0.499. The predicted octanol–water partition coefficient (Wildman–Crippen LogP) is 3.82. The highest BCUT2D eigenvalue weighted by Crippen LogP contribution is 2.55. The van der Waals surface area contributed by atoms with E-state index in [9.17, 15) is 14.7 Å². The minimum absolute atomic E-state index is 0.0152. The van der Waals surface area contributed by atoms with Gasteiger partial charge < -0.3 is 29.0 Å². The number of amides is 1. The van der Waals surface area contributed by atoms with Crippen LogP contribution < -0.4 is 9.47 Å². The van der Waals surface area contributed by atoms with E-state index < -0.39 is 17.2 Å². The van der Waals surface area contributed by atoms with Crippen molar-refractivity contribution in [3.63, 3.8) is 0 Å². The smallest absolute Gasteiger partial charge is 0.303 e. The number of carbonyl (C=O) groups excluding carboxylic acids is 1. The van der Waals surface area contributed by atoms with Crippen LogP contribution in [-0.2, 0) is 19.1 Å². The maximum atomic E-state index is 12.8. The van der Waals surface area contributed by atoms with E-state index in [1.165, 1.54) is 0 Å². The zero-order valence-corrected chi connectivity index (χ0v) is 20.7. The molecule has 188 valence electrons. The van der Waals surface area contributed by atoms with Crippen LogP contribution in [0.5, 0.6) is 11.5 Å². The van der Waals surface area contributed by atoms with Gasteiger partial charge in [-0.1, -0.05) is 26.0 Å². The Balaban J connectivity index is 1.64. The van der Waals surface area contributed by atoms with Crippen molar-refractivity contribution in [2.75, 3.05) is 32.9 Å². The molecule has 1 aromatic carbocycles. The molecule has 8 heteroatoms. The summed E-state index contributed by atoms with van der Waals surface area (Å²) in [5.74, 6) is 0.706. The highest BCUT2D eigenvalue weighted by Gasteiger charge is 2.56. The number of aliphatic carboxylic acids is 1. The quantitative estimate of drug-likeness (QED) is 0.641. The van der Waals surface area contributed by atoms with Crippen LogP contribution in [0.2, 0.25) is 0 Å². The normalized spacial score (nSPS) is 30.4. The van der Waals surface area contributed by atoms with E-state index in [2.05, 4.69) is 0 Å². The second-order valence-electron chi connectivity index (χ2n) is 10.4. The fraction of sp³-hybridized carbons (Fsp3) is 0.692. The summed E-state index contributed by atoms with van der Waals surface area (Å²) in [4.78, 5) is 26.2. The van der Waals surface area contributed by atoms with E-state index in [0.717, 1.165) is 5.56 Å². The molecule has 3 heterocycles. The third kappa shape index (κ3) is 4.89. The number of morpholine rings is 1. The Bertz CT molecular complexity index is 918. The number of hydrogen-bond acceptors (Lipinski definition) is 6. The highest BCUT2D eigenvalue weighted by atomic mass is 16.6. The van der Waals surface area contributed by atoms with E-state index in [-0.39, 0.29) is 24.3 Å². The molecule has 0 bridgehead atoms. The van der Waals surface area contributed by atoms with Gasteiger partial charge in [0.2, 0.25) is 5.91 Å². The van der Waals surface area contributed by atoms with E-state index >= 15 is 0 Å². The number of carboxylic acid groups (broad SMARTS) is 1. The number of carbonyl (C=O) groups is 2. The number of rotatable bonds is 7. The van der Waals surface area contributed by atoms with Gasteiger partial charge in [0.05, 0.1) is 32.5 Å². The van der Waals surface area contributed by atoms with Crippen LogP contribution in [0.4, 0.5) is 0 Å². The molecule has 1 spiro atoms. The molecule has 1 aromatic rings. The molecule has 4 rings (SSSR count). The Kier molecular flexibility index (Phi) is 7.10. The molecule has 2 saturated heterocycles. The second-order valence-corrected chi connectivity index (χ2v) is 10.4. The lowest BCUT2D eigenvalue weighted by Gasteiger charge is -2.55. The number of fused-ring (bicyclic) bond motifs is 3. The van der Waals surface area contributed by atoms with Crippen LogP contribution >= 0.6 is 0 Å². The van der Waals surface area contributed by atoms with Crippen molar-refractivity contribution >= 4 is 11.9 Å². The number of hydrogen-bond donors (Lipinski definition) is 1. The molecule has 0 aromatic heterocycles. The average molecular weight is 476 g/mol. The summed E-state index contributed by atoms with van der Waals surface area (Å²) in [6.45, 7) is 10.4. The summed E-state index contributed by atoms with van der Waals surface area (Å²) in [5, 5.41) is 9.42. The number of nitrogens with zero attached hydrogens (tertiary/aromatic N) is 1. The molecule has 8 nitrogen and oxygen atoms in total. The van der Waals surface area contributed by atoms with Crippen LogP contribution in [0.15, 0.2) is 18.2 Å². The van der Waals surface area contributed by atoms with E-state index in [4.69, 9.17) is 18.9 Å². The minimum atomic E-state index is -0.865. The molecule has 4 atom stereocenters. The number of benzene rings is 1. The van der Waals surface area contributed by atoms with Gasteiger partial charge in [-0.05, 0) is 38.7 Å². The first-order chi connectivity index (χ1) is 16.2. The second kappa shape index (κ2) is 9.74. The van der Waals surface area contributed by atoms with Crippen LogP contribution in [0.25, 0.3) is 0 Å². The summed E-state index contributed by atoms with van der Waals surface area (Å²) in [7, 11) is 0. The van der Waals surface area contributed by atoms with Gasteiger partial charge in [-0.2, -0.15) is 0 Å². The third-order valence-electron chi connectivity index (χ3n) is 7.24. The first-order valence-corrected chi connectivity index (χ1v) is 12.4. The molecular formula is C26H37NO7. The maximum Gasteiger partial charge on any atom is 0.303 e. The summed E-state index contributed by atoms with van der Waals surface area (Å²) >= 11 is 0. The Morgan fingerprint density at radius 1 is 1.32 bits per heavy atom. The molecule has 3 aliphatic heterocycles. The standard InChI is InChI=1S/C26H37NO7/c1-5-31-20-8-6-7-18-23-19(25(4,34-24(18)20)10-9-22(29)30)14-26(16-32-23)15-27(11-12-33-26)21(28)13-17(2)3/h6-8,17,19,23H,5,9-16H2,1-4H3,(H,29,30)/t19-,23+,25+,26+/m0/s1. The van der Waals surface area contributed by atoms with Gasteiger partial charge in [0.25, 0.3) is 0 Å². The maximum absolute atomic E-state index is 12.8. The van der Waals surface area contributed by atoms with Crippen LogP contribution in [0, 0.1) is 11.8 Å². The van der Waals surface area contributed by atoms with Gasteiger partial charge in [0, 0.05) is 30.9 Å². The number of carboxylic acids is 1. The van der Waals surface area contributed by atoms with E-state index in [1.54, 1.807) is 0 Å². The van der Waals surface area contributed by atoms with Gasteiger partial charge in [-0.15, -0.1) is 0 Å². The SMILES string of the molecule is CCOc1cccc2c1O[C@](C)(CCC(=O)O)[C@H]1C[C@]3(CO[C@H]21)CN(C(=O)CC(C)C)CCO3. The van der Waals surface area contributed by atoms with E-state index in [0.29, 0.717) is 69.6 Å². The molecule has 0 unspecified atom stereocenters.